The van der Waals surface area contributed by atoms with Gasteiger partial charge in [0.25, 0.3) is 0 Å². The molecule has 28 heteroatoms. The number of ether oxygens (including phenoxy) is 11. The van der Waals surface area contributed by atoms with Crippen molar-refractivity contribution in [1.29, 1.82) is 0 Å². The summed E-state index contributed by atoms with van der Waals surface area (Å²) < 4.78 is 54.7. The summed E-state index contributed by atoms with van der Waals surface area (Å²) in [7, 11) is 0. The van der Waals surface area contributed by atoms with Crippen molar-refractivity contribution in [3.63, 3.8) is 0 Å². The summed E-state index contributed by atoms with van der Waals surface area (Å²) in [5.74, 6) is -5.61. The third-order valence-electron chi connectivity index (χ3n) is 12.4. The highest BCUT2D eigenvalue weighted by atomic mass is 16.6. The van der Waals surface area contributed by atoms with Crippen molar-refractivity contribution in [3.8, 4) is 0 Å². The van der Waals surface area contributed by atoms with Crippen molar-refractivity contribution in [2.24, 2.45) is 32.5 Å². The first kappa shape index (κ1) is 112. The molecule has 1 unspecified atom stereocenters. The number of carbonyl (C=O) groups excluding carboxylic acids is 11. The highest BCUT2D eigenvalue weighted by Gasteiger charge is 2.36. The smallest absolute Gasteiger partial charge is 0.330 e. The van der Waals surface area contributed by atoms with Gasteiger partial charge in [0.2, 0.25) is 0 Å². The average Bonchev–Trinajstić information content (AvgIpc) is 0.847. The van der Waals surface area contributed by atoms with E-state index in [-0.39, 0.29) is 97.9 Å². The summed E-state index contributed by atoms with van der Waals surface area (Å²) in [6, 6.07) is -0.257. The number of hydrogen-bond acceptors (Lipinski definition) is 28. The first-order chi connectivity index (χ1) is 50.8. The van der Waals surface area contributed by atoms with Crippen LogP contribution in [0.1, 0.15) is 131 Å². The molecule has 0 aliphatic carbocycles. The minimum Gasteiger partial charge on any atom is -0.462 e. The number of rotatable bonds is 47. The SMILES string of the molecule is C=CC(=O)OCC(CNCC(C)(C)C)OC(=O)C=C.C=CC(=O)OCC(COC(=O)C=C)(COC(=O)C=C)NCC(C)(C)C.C=CC(=O)OCC(COC(=O)C=C)NCC(C)(C)C.C=CC(=O)OCCCNCC(C)(C)C.C=CC(=O)OCCN(CCOC(=O)C=C)CC(C)(C)C.C=CC(=O)OCCNCC(C)(C)C. The summed E-state index contributed by atoms with van der Waals surface area (Å²) in [5.41, 5.74) is -0.388. The maximum absolute atomic E-state index is 11.4. The Morgan fingerprint density at radius 2 is 0.609 bits per heavy atom. The molecule has 628 valence electrons. The van der Waals surface area contributed by atoms with Crippen LogP contribution in [0.3, 0.4) is 0 Å². The Labute approximate surface area is 657 Å². The summed E-state index contributed by atoms with van der Waals surface area (Å²) in [5, 5.41) is 16.0. The van der Waals surface area contributed by atoms with Crippen molar-refractivity contribution in [3.05, 3.63) is 139 Å². The predicted octanol–water partition coefficient (Wildman–Crippen LogP) is 9.33. The van der Waals surface area contributed by atoms with Crippen LogP contribution in [-0.2, 0) is 105 Å². The maximum atomic E-state index is 11.4. The topological polar surface area (TPSA) is 353 Å². The van der Waals surface area contributed by atoms with E-state index >= 15 is 0 Å². The molecule has 0 amide bonds. The molecule has 0 aromatic carbocycles. The van der Waals surface area contributed by atoms with Crippen LogP contribution in [-0.4, -0.2) is 226 Å². The van der Waals surface area contributed by atoms with E-state index < -0.39 is 65.4 Å². The molecule has 0 aliphatic rings. The number of nitrogens with one attached hydrogen (secondary N) is 5. The highest BCUT2D eigenvalue weighted by Crippen LogP contribution is 2.18. The zero-order chi connectivity index (χ0) is 86.2. The van der Waals surface area contributed by atoms with Gasteiger partial charge in [0.15, 0.2) is 0 Å². The fourth-order valence-electron chi connectivity index (χ4n) is 7.07. The van der Waals surface area contributed by atoms with Crippen molar-refractivity contribution in [2.45, 2.75) is 149 Å². The van der Waals surface area contributed by atoms with Crippen molar-refractivity contribution >= 4 is 65.7 Å². The lowest BCUT2D eigenvalue weighted by Crippen LogP contribution is -2.59. The van der Waals surface area contributed by atoms with E-state index in [1.54, 1.807) is 0 Å². The molecule has 0 radical (unpaired) electrons. The third-order valence-corrected chi connectivity index (χ3v) is 12.4. The summed E-state index contributed by atoms with van der Waals surface area (Å²) in [6.45, 7) is 83.2. The first-order valence-corrected chi connectivity index (χ1v) is 35.9. The molecule has 0 rings (SSSR count). The van der Waals surface area contributed by atoms with Gasteiger partial charge in [-0.05, 0) is 52.0 Å². The Kier molecular flexibility index (Phi) is 65.0. The van der Waals surface area contributed by atoms with Crippen LogP contribution < -0.4 is 26.6 Å². The molecular weight excluding hydrogens is 1420 g/mol. The van der Waals surface area contributed by atoms with Crippen LogP contribution in [0.4, 0.5) is 0 Å². The fourth-order valence-corrected chi connectivity index (χ4v) is 7.07. The average molecular weight is 1560 g/mol. The standard InChI is InChI=1S/C18H27NO6.C15H25NO4.2C14H23NO4.C11H21NO2.C10H19NO2/c1-7-14(20)23-11-18(12-24-15(21)8-2,13-25-16(22)9-3)19-10-17(4,5)6;1-6-13(17)19-10-8-16(12-15(3,4)5)9-11-20-14(18)7-2;1-6-12(16)18-8-11(9-19-13(17)7-2)15-10-14(3,4)5;1-6-12(16)18-9-11(19-13(17)7-2)8-15-10-14(3,4)5;1-5-10(13)14-8-6-7-12-9-11(2,3)4;1-5-9(12)13-7-6-11-8-10(2,3)4/h7-9,19H,1-3,10-13H2,4-6H3;6-7H,1-2,8-12H2,3-5H3;2*6-7,11,15H,1-2,8-10H2,3-5H3;5,12H,1,6-9H2,2-4H3;5,11H,1,6-8H2,2-4H3. The van der Waals surface area contributed by atoms with Gasteiger partial charge in [-0.1, -0.05) is 197 Å². The highest BCUT2D eigenvalue weighted by molar-refractivity contribution is 5.85. The molecule has 0 heterocycles. The van der Waals surface area contributed by atoms with Crippen LogP contribution in [0.2, 0.25) is 0 Å². The molecule has 0 bridgehead atoms. The molecule has 0 aliphatic heterocycles. The predicted molar refractivity (Wildman–Crippen MR) is 431 cm³/mol. The summed E-state index contributed by atoms with van der Waals surface area (Å²) in [4.78, 5) is 124. The van der Waals surface area contributed by atoms with Gasteiger partial charge in [-0.15, -0.1) is 0 Å². The summed E-state index contributed by atoms with van der Waals surface area (Å²) in [6.07, 6.45) is 12.3. The van der Waals surface area contributed by atoms with Crippen molar-refractivity contribution in [2.75, 3.05) is 138 Å². The minimum absolute atomic E-state index is 0.0123. The Hall–Kier alpha value is -8.93. The lowest BCUT2D eigenvalue weighted by molar-refractivity contribution is -0.152. The molecule has 0 saturated carbocycles. The molecule has 1 atom stereocenters. The van der Waals surface area contributed by atoms with Gasteiger partial charge < -0.3 is 78.7 Å². The number of nitrogens with zero attached hydrogens (tertiary/aromatic N) is 1. The molecule has 0 aromatic heterocycles. The van der Waals surface area contributed by atoms with Crippen LogP contribution >= 0.6 is 0 Å². The second-order valence-electron chi connectivity index (χ2n) is 31.4. The number of esters is 11. The van der Waals surface area contributed by atoms with Gasteiger partial charge >= 0.3 is 65.7 Å². The Morgan fingerprint density at radius 1 is 0.318 bits per heavy atom. The van der Waals surface area contributed by atoms with Crippen LogP contribution in [0.25, 0.3) is 0 Å². The second kappa shape index (κ2) is 63.8. The van der Waals surface area contributed by atoms with E-state index in [1.165, 1.54) is 12.2 Å². The van der Waals surface area contributed by atoms with Crippen LogP contribution in [0, 0.1) is 32.5 Å². The van der Waals surface area contributed by atoms with Crippen LogP contribution in [0.5, 0.6) is 0 Å². The zero-order valence-electron chi connectivity index (χ0n) is 69.8. The first-order valence-electron chi connectivity index (χ1n) is 35.9. The van der Waals surface area contributed by atoms with Crippen molar-refractivity contribution in [1.82, 2.24) is 31.5 Å². The normalized spacial score (nSPS) is 11.3. The largest absolute Gasteiger partial charge is 0.462 e. The molecular formula is C82H138N6O22. The summed E-state index contributed by atoms with van der Waals surface area (Å²) >= 11 is 0. The number of hydrogen-bond donors (Lipinski definition) is 5. The van der Waals surface area contributed by atoms with Gasteiger partial charge in [-0.2, -0.15) is 0 Å². The van der Waals surface area contributed by atoms with E-state index in [9.17, 15) is 52.7 Å². The van der Waals surface area contributed by atoms with Gasteiger partial charge in [-0.3, -0.25) is 4.90 Å². The minimum atomic E-state index is -1.12. The van der Waals surface area contributed by atoms with E-state index in [0.29, 0.717) is 57.9 Å². The van der Waals surface area contributed by atoms with Gasteiger partial charge in [0.1, 0.15) is 71.1 Å². The Morgan fingerprint density at radius 3 is 0.936 bits per heavy atom. The molecule has 0 saturated heterocycles. The molecule has 0 fully saturated rings. The van der Waals surface area contributed by atoms with Gasteiger partial charge in [-0.25, -0.2) is 52.7 Å². The number of carbonyl (C=O) groups is 11. The second-order valence-corrected chi connectivity index (χ2v) is 31.4. The van der Waals surface area contributed by atoms with Crippen molar-refractivity contribution < 1.29 is 105 Å². The lowest BCUT2D eigenvalue weighted by atomic mass is 9.94. The molecule has 110 heavy (non-hydrogen) atoms. The Balaban J connectivity index is -0.000000299. The van der Waals surface area contributed by atoms with E-state index in [4.69, 9.17) is 52.1 Å². The molecule has 0 spiro atoms. The van der Waals surface area contributed by atoms with Crippen LogP contribution in [0.15, 0.2) is 139 Å². The van der Waals surface area contributed by atoms with E-state index in [0.717, 1.165) is 93.8 Å². The molecule has 5 N–H and O–H groups in total. The quantitative estimate of drug-likeness (QED) is 0.0164. The van der Waals surface area contributed by atoms with Gasteiger partial charge in [0, 0.05) is 126 Å². The molecule has 28 nitrogen and oxygen atoms in total. The Bertz CT molecular complexity index is 2720. The van der Waals surface area contributed by atoms with E-state index in [1.807, 2.05) is 20.8 Å². The van der Waals surface area contributed by atoms with E-state index in [2.05, 4.69) is 208 Å². The molecule has 0 aromatic rings. The zero-order valence-corrected chi connectivity index (χ0v) is 69.8. The maximum Gasteiger partial charge on any atom is 0.330 e. The third kappa shape index (κ3) is 84.7. The lowest BCUT2D eigenvalue weighted by Gasteiger charge is -2.35. The van der Waals surface area contributed by atoms with Gasteiger partial charge in [0.05, 0.1) is 12.6 Å². The fraction of sp³-hybridized carbons (Fsp3) is 0.598. The monoisotopic (exact) mass is 1560 g/mol.